The molecule has 2 fully saturated rings. The molecule has 1 aromatic heterocycles. The number of benzene rings is 1. The molecule has 2 aromatic rings. The van der Waals surface area contributed by atoms with Crippen molar-refractivity contribution in [3.63, 3.8) is 0 Å². The lowest BCUT2D eigenvalue weighted by molar-refractivity contribution is 0.270. The minimum Gasteiger partial charge on any atom is -0.296 e. The maximum atomic E-state index is 14.0. The molecule has 1 aromatic carbocycles. The zero-order valence-electron chi connectivity index (χ0n) is 16.1. The van der Waals surface area contributed by atoms with E-state index in [9.17, 15) is 12.8 Å². The van der Waals surface area contributed by atoms with Gasteiger partial charge in [-0.15, -0.1) is 0 Å². The second-order valence-corrected chi connectivity index (χ2v) is 9.54. The van der Waals surface area contributed by atoms with E-state index in [1.54, 1.807) is 14.7 Å². The topological polar surface area (TPSA) is 56.8 Å². The molecule has 0 unspecified atom stereocenters. The molecule has 2 saturated heterocycles. The van der Waals surface area contributed by atoms with Gasteiger partial charge < -0.3 is 0 Å². The molecule has 28 heavy (non-hydrogen) atoms. The first kappa shape index (κ1) is 19.7. The molecule has 0 radical (unpaired) electrons. The van der Waals surface area contributed by atoms with Gasteiger partial charge in [-0.25, -0.2) is 9.37 Å². The summed E-state index contributed by atoms with van der Waals surface area (Å²) >= 11 is 0. The van der Waals surface area contributed by atoms with E-state index in [1.165, 1.54) is 6.07 Å². The number of pyridine rings is 1. The van der Waals surface area contributed by atoms with E-state index in [2.05, 4.69) is 9.88 Å². The van der Waals surface area contributed by atoms with E-state index in [0.717, 1.165) is 43.3 Å². The van der Waals surface area contributed by atoms with Gasteiger partial charge in [0.1, 0.15) is 11.3 Å². The molecule has 152 valence electrons. The third-order valence-electron chi connectivity index (χ3n) is 5.63. The lowest BCUT2D eigenvalue weighted by Gasteiger charge is -2.31. The van der Waals surface area contributed by atoms with E-state index in [0.29, 0.717) is 44.8 Å². The molecule has 0 aliphatic carbocycles. The fourth-order valence-corrected chi connectivity index (χ4v) is 5.78. The summed E-state index contributed by atoms with van der Waals surface area (Å²) in [5.41, 5.74) is 1.20. The monoisotopic (exact) mass is 406 g/mol. The highest BCUT2D eigenvalue weighted by Gasteiger charge is 2.31. The first-order valence-corrected chi connectivity index (χ1v) is 11.5. The second-order valence-electron chi connectivity index (χ2n) is 7.61. The smallest absolute Gasteiger partial charge is 0.282 e. The zero-order chi connectivity index (χ0) is 19.6. The van der Waals surface area contributed by atoms with Crippen molar-refractivity contribution in [3.8, 4) is 0 Å². The molecule has 2 aliphatic rings. The van der Waals surface area contributed by atoms with E-state index in [1.807, 2.05) is 18.2 Å². The van der Waals surface area contributed by atoms with Crippen LogP contribution in [0.15, 0.2) is 30.3 Å². The van der Waals surface area contributed by atoms with Gasteiger partial charge in [0.2, 0.25) is 0 Å². The molecule has 0 atom stereocenters. The lowest BCUT2D eigenvalue weighted by atomic mass is 10.2. The molecule has 2 aliphatic heterocycles. The average molecular weight is 407 g/mol. The van der Waals surface area contributed by atoms with Crippen LogP contribution in [0.5, 0.6) is 0 Å². The van der Waals surface area contributed by atoms with Crippen LogP contribution in [-0.2, 0) is 16.8 Å². The fourth-order valence-electron chi connectivity index (χ4n) is 4.06. The minimum absolute atomic E-state index is 0.311. The van der Waals surface area contributed by atoms with E-state index in [4.69, 9.17) is 0 Å². The molecule has 0 saturated carbocycles. The highest BCUT2D eigenvalue weighted by Crippen LogP contribution is 2.20. The summed E-state index contributed by atoms with van der Waals surface area (Å²) in [6.45, 7) is 4.37. The maximum absolute atomic E-state index is 14.0. The van der Waals surface area contributed by atoms with E-state index < -0.39 is 10.2 Å². The van der Waals surface area contributed by atoms with Gasteiger partial charge in [-0.05, 0) is 37.9 Å². The average Bonchev–Trinajstić information content (AvgIpc) is 2.95. The number of hydrogen-bond donors (Lipinski definition) is 0. The fraction of sp³-hybridized carbons (Fsp3) is 0.550. The predicted molar refractivity (Wildman–Crippen MR) is 108 cm³/mol. The Hall–Kier alpha value is -1.61. The summed E-state index contributed by atoms with van der Waals surface area (Å²) < 4.78 is 43.1. The Bertz CT molecular complexity index is 931. The summed E-state index contributed by atoms with van der Waals surface area (Å²) in [7, 11) is -3.36. The first-order chi connectivity index (χ1) is 13.5. The number of rotatable bonds is 4. The van der Waals surface area contributed by atoms with Gasteiger partial charge in [-0.3, -0.25) is 4.90 Å². The van der Waals surface area contributed by atoms with Crippen LogP contribution in [0.25, 0.3) is 10.9 Å². The number of nitrogens with zero attached hydrogens (tertiary/aromatic N) is 4. The molecule has 3 heterocycles. The Morgan fingerprint density at radius 3 is 2.43 bits per heavy atom. The van der Waals surface area contributed by atoms with Crippen molar-refractivity contribution in [2.75, 3.05) is 39.3 Å². The zero-order valence-corrected chi connectivity index (χ0v) is 16.9. The second kappa shape index (κ2) is 8.41. The molecular formula is C20H27FN4O2S. The van der Waals surface area contributed by atoms with Gasteiger partial charge in [0.25, 0.3) is 10.2 Å². The molecule has 0 bridgehead atoms. The molecule has 4 rings (SSSR count). The predicted octanol–water partition coefficient (Wildman–Crippen LogP) is 2.61. The highest BCUT2D eigenvalue weighted by molar-refractivity contribution is 7.86. The molecule has 0 spiro atoms. The van der Waals surface area contributed by atoms with Crippen molar-refractivity contribution in [3.05, 3.63) is 41.8 Å². The van der Waals surface area contributed by atoms with Gasteiger partial charge in [0.15, 0.2) is 0 Å². The van der Waals surface area contributed by atoms with Crippen LogP contribution in [0, 0.1) is 5.82 Å². The Balaban J connectivity index is 1.42. The van der Waals surface area contributed by atoms with Crippen LogP contribution in [0.3, 0.4) is 0 Å². The normalized spacial score (nSPS) is 21.0. The number of halogens is 1. The van der Waals surface area contributed by atoms with Crippen molar-refractivity contribution in [1.82, 2.24) is 18.5 Å². The van der Waals surface area contributed by atoms with Crippen molar-refractivity contribution in [2.24, 2.45) is 0 Å². The maximum Gasteiger partial charge on any atom is 0.282 e. The van der Waals surface area contributed by atoms with Gasteiger partial charge in [-0.1, -0.05) is 24.6 Å². The number of para-hydroxylation sites is 1. The molecule has 0 N–H and O–H groups in total. The molecule has 8 heteroatoms. The van der Waals surface area contributed by atoms with Crippen LogP contribution in [-0.4, -0.2) is 66.2 Å². The largest absolute Gasteiger partial charge is 0.296 e. The van der Waals surface area contributed by atoms with Gasteiger partial charge in [0.05, 0.1) is 5.69 Å². The summed E-state index contributed by atoms with van der Waals surface area (Å²) in [6, 6.07) is 8.78. The van der Waals surface area contributed by atoms with Crippen LogP contribution < -0.4 is 0 Å². The quantitative estimate of drug-likeness (QED) is 0.783. The van der Waals surface area contributed by atoms with Crippen molar-refractivity contribution >= 4 is 21.1 Å². The van der Waals surface area contributed by atoms with Gasteiger partial charge in [-0.2, -0.15) is 17.0 Å². The standard InChI is InChI=1S/C20H27FN4O2S/c21-19-7-4-6-17-8-9-18(22-20(17)19)16-23-10-5-13-25(15-14-23)28(26,27)24-11-2-1-3-12-24/h4,6-9H,1-3,5,10-16H2. The van der Waals surface area contributed by atoms with Crippen molar-refractivity contribution in [2.45, 2.75) is 32.2 Å². The Labute approximate surface area is 166 Å². The number of hydrogen-bond acceptors (Lipinski definition) is 4. The molecular weight excluding hydrogens is 379 g/mol. The Morgan fingerprint density at radius 1 is 0.857 bits per heavy atom. The van der Waals surface area contributed by atoms with Gasteiger partial charge >= 0.3 is 0 Å². The van der Waals surface area contributed by atoms with Crippen LogP contribution >= 0.6 is 0 Å². The number of piperidine rings is 1. The van der Waals surface area contributed by atoms with E-state index >= 15 is 0 Å². The summed E-state index contributed by atoms with van der Waals surface area (Å²) in [5.74, 6) is -0.311. The van der Waals surface area contributed by atoms with Crippen LogP contribution in [0.4, 0.5) is 4.39 Å². The molecule has 0 amide bonds. The third kappa shape index (κ3) is 4.20. The summed E-state index contributed by atoms with van der Waals surface area (Å²) in [5, 5.41) is 0.790. The Morgan fingerprint density at radius 2 is 1.61 bits per heavy atom. The first-order valence-electron chi connectivity index (χ1n) is 10.1. The summed E-state index contributed by atoms with van der Waals surface area (Å²) in [6.07, 6.45) is 3.79. The van der Waals surface area contributed by atoms with Crippen molar-refractivity contribution < 1.29 is 12.8 Å². The molecule has 6 nitrogen and oxygen atoms in total. The number of aromatic nitrogens is 1. The number of fused-ring (bicyclic) bond motifs is 1. The summed E-state index contributed by atoms with van der Waals surface area (Å²) in [4.78, 5) is 6.69. The van der Waals surface area contributed by atoms with Crippen LogP contribution in [0.2, 0.25) is 0 Å². The lowest BCUT2D eigenvalue weighted by Crippen LogP contribution is -2.47. The van der Waals surface area contributed by atoms with E-state index in [-0.39, 0.29) is 5.82 Å². The van der Waals surface area contributed by atoms with Crippen molar-refractivity contribution in [1.29, 1.82) is 0 Å². The van der Waals surface area contributed by atoms with Gasteiger partial charge in [0, 0.05) is 44.7 Å². The Kier molecular flexibility index (Phi) is 5.91. The third-order valence-corrected chi connectivity index (χ3v) is 7.66. The SMILES string of the molecule is O=S(=O)(N1CCCCC1)N1CCCN(Cc2ccc3cccc(F)c3n2)CC1. The minimum atomic E-state index is -3.36. The van der Waals surface area contributed by atoms with Crippen LogP contribution in [0.1, 0.15) is 31.4 Å². The highest BCUT2D eigenvalue weighted by atomic mass is 32.2.